The van der Waals surface area contributed by atoms with E-state index in [2.05, 4.69) is 9.97 Å². The molecule has 0 radical (unpaired) electrons. The summed E-state index contributed by atoms with van der Waals surface area (Å²) in [5, 5.41) is 9.87. The largest absolute Gasteiger partial charge is 0.440 e. The van der Waals surface area contributed by atoms with Crippen LogP contribution in [0.5, 0.6) is 0 Å². The molecule has 2 heterocycles. The minimum atomic E-state index is -0.343. The first kappa shape index (κ1) is 13.1. The molecule has 0 bridgehead atoms. The van der Waals surface area contributed by atoms with Crippen LogP contribution in [0.1, 0.15) is 11.6 Å². The molecule has 1 aromatic carbocycles. The summed E-state index contributed by atoms with van der Waals surface area (Å²) in [5.41, 5.74) is 1.82. The molecular weight excluding hydrogens is 281 g/mol. The summed E-state index contributed by atoms with van der Waals surface area (Å²) in [6, 6.07) is 4.27. The number of oxazole rings is 1. The van der Waals surface area contributed by atoms with E-state index in [1.165, 1.54) is 23.9 Å². The molecule has 0 saturated heterocycles. The zero-order chi connectivity index (χ0) is 14.1. The predicted octanol–water partition coefficient (Wildman–Crippen LogP) is 2.49. The minimum Gasteiger partial charge on any atom is -0.440 e. The molecule has 0 fully saturated rings. The second kappa shape index (κ2) is 5.26. The second-order valence-electron chi connectivity index (χ2n) is 4.26. The molecule has 20 heavy (non-hydrogen) atoms. The third-order valence-electron chi connectivity index (χ3n) is 2.92. The van der Waals surface area contributed by atoms with Crippen LogP contribution in [0.3, 0.4) is 0 Å². The number of aromatic nitrogens is 3. The van der Waals surface area contributed by atoms with Gasteiger partial charge in [0.1, 0.15) is 11.3 Å². The Bertz CT molecular complexity index is 753. The van der Waals surface area contributed by atoms with Gasteiger partial charge >= 0.3 is 0 Å². The van der Waals surface area contributed by atoms with Crippen molar-refractivity contribution < 1.29 is 13.9 Å². The van der Waals surface area contributed by atoms with E-state index >= 15 is 0 Å². The maximum atomic E-state index is 13.1. The smallest absolute Gasteiger partial charge is 0.205 e. The van der Waals surface area contributed by atoms with Crippen LogP contribution in [-0.2, 0) is 19.4 Å². The highest BCUT2D eigenvalue weighted by Gasteiger charge is 2.10. The molecule has 0 atom stereocenters. The molecule has 0 amide bonds. The maximum absolute atomic E-state index is 13.1. The molecule has 0 unspecified atom stereocenters. The van der Waals surface area contributed by atoms with E-state index < -0.39 is 0 Å². The number of fused-ring (bicyclic) bond motifs is 1. The van der Waals surface area contributed by atoms with Crippen molar-refractivity contribution in [3.8, 4) is 0 Å². The van der Waals surface area contributed by atoms with Crippen molar-refractivity contribution in [2.75, 3.05) is 0 Å². The van der Waals surface area contributed by atoms with Crippen LogP contribution in [0, 0.1) is 5.82 Å². The lowest BCUT2D eigenvalue weighted by molar-refractivity contribution is 0.271. The van der Waals surface area contributed by atoms with E-state index in [0.29, 0.717) is 22.7 Å². The summed E-state index contributed by atoms with van der Waals surface area (Å²) in [6.07, 6.45) is 1.63. The molecular formula is C13H12FN3O2S. The van der Waals surface area contributed by atoms with Gasteiger partial charge in [-0.25, -0.2) is 14.4 Å². The van der Waals surface area contributed by atoms with E-state index in [0.717, 1.165) is 10.9 Å². The number of aliphatic hydroxyl groups excluding tert-OH is 1. The third kappa shape index (κ3) is 2.41. The number of halogens is 1. The van der Waals surface area contributed by atoms with Gasteiger partial charge < -0.3 is 14.1 Å². The number of benzene rings is 1. The van der Waals surface area contributed by atoms with Gasteiger partial charge in [-0.1, -0.05) is 11.8 Å². The van der Waals surface area contributed by atoms with Crippen LogP contribution in [0.4, 0.5) is 4.39 Å². The number of rotatable bonds is 4. The first-order valence-electron chi connectivity index (χ1n) is 5.96. The van der Waals surface area contributed by atoms with Crippen molar-refractivity contribution in [1.82, 2.24) is 14.5 Å². The van der Waals surface area contributed by atoms with Crippen molar-refractivity contribution in [2.24, 2.45) is 7.05 Å². The monoisotopic (exact) mass is 293 g/mol. The topological polar surface area (TPSA) is 64.1 Å². The molecule has 0 aliphatic carbocycles. The summed E-state index contributed by atoms with van der Waals surface area (Å²) in [6.45, 7) is -0.0494. The van der Waals surface area contributed by atoms with Gasteiger partial charge in [0.2, 0.25) is 5.89 Å². The summed E-state index contributed by atoms with van der Waals surface area (Å²) >= 11 is 1.45. The zero-order valence-electron chi connectivity index (χ0n) is 10.7. The van der Waals surface area contributed by atoms with Crippen LogP contribution in [-0.4, -0.2) is 19.6 Å². The number of aliphatic hydroxyl groups is 1. The Labute approximate surface area is 118 Å². The average molecular weight is 293 g/mol. The molecule has 0 aliphatic rings. The van der Waals surface area contributed by atoms with Gasteiger partial charge in [-0.3, -0.25) is 0 Å². The van der Waals surface area contributed by atoms with Gasteiger partial charge in [-0.2, -0.15) is 0 Å². The average Bonchev–Trinajstić information content (AvgIpc) is 2.99. The fourth-order valence-corrected chi connectivity index (χ4v) is 2.66. The van der Waals surface area contributed by atoms with Crippen molar-refractivity contribution in [1.29, 1.82) is 0 Å². The molecule has 7 heteroatoms. The van der Waals surface area contributed by atoms with Crippen LogP contribution in [0.2, 0.25) is 0 Å². The lowest BCUT2D eigenvalue weighted by Crippen LogP contribution is -1.97. The van der Waals surface area contributed by atoms with Crippen LogP contribution < -0.4 is 0 Å². The Kier molecular flexibility index (Phi) is 3.45. The molecule has 3 rings (SSSR count). The number of nitrogens with zero attached hydrogens (tertiary/aromatic N) is 3. The van der Waals surface area contributed by atoms with Crippen molar-refractivity contribution >= 4 is 22.9 Å². The molecule has 0 aliphatic heterocycles. The summed E-state index contributed by atoms with van der Waals surface area (Å²) in [4.78, 5) is 8.49. The van der Waals surface area contributed by atoms with Gasteiger partial charge in [0.15, 0.2) is 10.7 Å². The van der Waals surface area contributed by atoms with Gasteiger partial charge in [0.25, 0.3) is 0 Å². The second-order valence-corrected chi connectivity index (χ2v) is 5.20. The van der Waals surface area contributed by atoms with Crippen LogP contribution in [0.25, 0.3) is 11.1 Å². The molecule has 2 aromatic heterocycles. The summed E-state index contributed by atoms with van der Waals surface area (Å²) < 4.78 is 20.4. The fraction of sp³-hybridized carbons (Fsp3) is 0.231. The molecule has 0 spiro atoms. The number of hydrogen-bond acceptors (Lipinski definition) is 5. The normalized spacial score (nSPS) is 11.3. The standard InChI is InChI=1S/C13H12FN3O2S/c1-17-9(6-18)5-15-13(17)20-7-12-16-10-3-2-8(14)4-11(10)19-12/h2-5,18H,6-7H2,1H3. The first-order valence-corrected chi connectivity index (χ1v) is 6.95. The number of thioether (sulfide) groups is 1. The highest BCUT2D eigenvalue weighted by molar-refractivity contribution is 7.98. The fourth-order valence-electron chi connectivity index (χ4n) is 1.84. The maximum Gasteiger partial charge on any atom is 0.205 e. The molecule has 3 aromatic rings. The first-order chi connectivity index (χ1) is 9.67. The van der Waals surface area contributed by atoms with Crippen molar-refractivity contribution in [3.63, 3.8) is 0 Å². The van der Waals surface area contributed by atoms with Gasteiger partial charge in [0.05, 0.1) is 24.3 Å². The predicted molar refractivity (Wildman–Crippen MR) is 72.7 cm³/mol. The number of hydrogen-bond donors (Lipinski definition) is 1. The van der Waals surface area contributed by atoms with Gasteiger partial charge in [-0.05, 0) is 12.1 Å². The summed E-state index contributed by atoms with van der Waals surface area (Å²) in [5.74, 6) is 0.667. The van der Waals surface area contributed by atoms with E-state index in [1.807, 2.05) is 11.6 Å². The van der Waals surface area contributed by atoms with E-state index in [4.69, 9.17) is 9.52 Å². The Balaban J connectivity index is 1.77. The summed E-state index contributed by atoms with van der Waals surface area (Å²) in [7, 11) is 1.84. The Morgan fingerprint density at radius 3 is 3.05 bits per heavy atom. The van der Waals surface area contributed by atoms with E-state index in [-0.39, 0.29) is 12.4 Å². The highest BCUT2D eigenvalue weighted by Crippen LogP contribution is 2.24. The Morgan fingerprint density at radius 1 is 1.45 bits per heavy atom. The van der Waals surface area contributed by atoms with E-state index in [9.17, 15) is 4.39 Å². The molecule has 0 saturated carbocycles. The lowest BCUT2D eigenvalue weighted by Gasteiger charge is -2.01. The Hall–Kier alpha value is -1.86. The Morgan fingerprint density at radius 2 is 2.30 bits per heavy atom. The van der Waals surface area contributed by atoms with Crippen molar-refractivity contribution in [3.05, 3.63) is 41.8 Å². The molecule has 1 N–H and O–H groups in total. The lowest BCUT2D eigenvalue weighted by atomic mass is 10.3. The van der Waals surface area contributed by atoms with Crippen LogP contribution in [0.15, 0.2) is 34.0 Å². The zero-order valence-corrected chi connectivity index (χ0v) is 11.5. The molecule has 104 valence electrons. The number of imidazole rings is 1. The quantitative estimate of drug-likeness (QED) is 0.749. The minimum absolute atomic E-state index is 0.0494. The van der Waals surface area contributed by atoms with E-state index in [1.54, 1.807) is 12.3 Å². The molecule has 5 nitrogen and oxygen atoms in total. The van der Waals surface area contributed by atoms with Gasteiger partial charge in [-0.15, -0.1) is 0 Å². The SMILES string of the molecule is Cn1c(CO)cnc1SCc1nc2ccc(F)cc2o1. The highest BCUT2D eigenvalue weighted by atomic mass is 32.2. The van der Waals surface area contributed by atoms with Crippen molar-refractivity contribution in [2.45, 2.75) is 17.5 Å². The van der Waals surface area contributed by atoms with Crippen LogP contribution >= 0.6 is 11.8 Å². The van der Waals surface area contributed by atoms with Gasteiger partial charge in [0, 0.05) is 13.1 Å². The third-order valence-corrected chi connectivity index (χ3v) is 3.95.